The number of benzene rings is 1. The number of para-hydroxylation sites is 1. The van der Waals surface area contributed by atoms with Gasteiger partial charge in [0, 0.05) is 19.2 Å². The molecular weight excluding hydrogens is 228 g/mol. The molecule has 0 aliphatic carbocycles. The van der Waals surface area contributed by atoms with Crippen LogP contribution in [0.25, 0.3) is 0 Å². The minimum Gasteiger partial charge on any atom is -0.327 e. The first-order valence-electron chi connectivity index (χ1n) is 6.05. The number of nitrogens with zero attached hydrogens (tertiary/aromatic N) is 2. The third kappa shape index (κ3) is 2.23. The van der Waals surface area contributed by atoms with E-state index in [2.05, 4.69) is 0 Å². The fourth-order valence-electron chi connectivity index (χ4n) is 2.38. The summed E-state index contributed by atoms with van der Waals surface area (Å²) < 4.78 is 0. The summed E-state index contributed by atoms with van der Waals surface area (Å²) in [6, 6.07) is 9.57. The Kier molecular flexibility index (Phi) is 3.11. The lowest BCUT2D eigenvalue weighted by atomic mass is 9.98. The van der Waals surface area contributed by atoms with Crippen molar-refractivity contribution in [1.29, 1.82) is 0 Å². The van der Waals surface area contributed by atoms with Crippen LogP contribution in [-0.4, -0.2) is 35.3 Å². The number of carbonyl (C=O) groups excluding carboxylic acids is 2. The van der Waals surface area contributed by atoms with Gasteiger partial charge < -0.3 is 9.80 Å². The zero-order chi connectivity index (χ0) is 13.3. The summed E-state index contributed by atoms with van der Waals surface area (Å²) in [5.74, 6) is -0.0863. The lowest BCUT2D eigenvalue weighted by Gasteiger charge is -2.46. The lowest BCUT2D eigenvalue weighted by molar-refractivity contribution is -0.141. The molecule has 0 N–H and O–H groups in total. The van der Waals surface area contributed by atoms with E-state index in [0.29, 0.717) is 6.54 Å². The van der Waals surface area contributed by atoms with Gasteiger partial charge in [0.1, 0.15) is 6.54 Å². The Morgan fingerprint density at radius 2 is 1.83 bits per heavy atom. The second kappa shape index (κ2) is 4.44. The molecule has 1 aliphatic rings. The van der Waals surface area contributed by atoms with Crippen molar-refractivity contribution >= 4 is 17.5 Å². The highest BCUT2D eigenvalue weighted by Crippen LogP contribution is 2.26. The average Bonchev–Trinajstić information content (AvgIpc) is 2.32. The van der Waals surface area contributed by atoms with Crippen molar-refractivity contribution in [3.8, 4) is 0 Å². The maximum Gasteiger partial charge on any atom is 0.246 e. The molecule has 1 aliphatic heterocycles. The molecule has 18 heavy (non-hydrogen) atoms. The molecule has 4 heteroatoms. The monoisotopic (exact) mass is 246 g/mol. The predicted molar refractivity (Wildman–Crippen MR) is 70.3 cm³/mol. The Morgan fingerprint density at radius 1 is 1.22 bits per heavy atom. The van der Waals surface area contributed by atoms with Gasteiger partial charge in [0.05, 0.1) is 5.54 Å². The quantitative estimate of drug-likeness (QED) is 0.756. The lowest BCUT2D eigenvalue weighted by Crippen LogP contribution is -2.63. The molecule has 1 aromatic carbocycles. The summed E-state index contributed by atoms with van der Waals surface area (Å²) in [6.45, 7) is 6.15. The Balaban J connectivity index is 2.28. The molecule has 0 bridgehead atoms. The van der Waals surface area contributed by atoms with E-state index >= 15 is 0 Å². The number of carbonyl (C=O) groups is 2. The number of hydrogen-bond donors (Lipinski definition) is 0. The molecule has 1 saturated heterocycles. The van der Waals surface area contributed by atoms with E-state index < -0.39 is 0 Å². The van der Waals surface area contributed by atoms with Gasteiger partial charge in [-0.25, -0.2) is 0 Å². The number of hydrogen-bond acceptors (Lipinski definition) is 2. The third-order valence-corrected chi connectivity index (χ3v) is 3.32. The fourth-order valence-corrected chi connectivity index (χ4v) is 2.38. The number of rotatable bonds is 1. The Labute approximate surface area is 107 Å². The van der Waals surface area contributed by atoms with E-state index in [-0.39, 0.29) is 23.9 Å². The van der Waals surface area contributed by atoms with Crippen molar-refractivity contribution < 1.29 is 9.59 Å². The summed E-state index contributed by atoms with van der Waals surface area (Å²) in [5.41, 5.74) is 0.550. The molecule has 0 saturated carbocycles. The molecule has 0 spiro atoms. The van der Waals surface area contributed by atoms with Gasteiger partial charge in [0.15, 0.2) is 0 Å². The summed E-state index contributed by atoms with van der Waals surface area (Å²) in [5, 5.41) is 0. The van der Waals surface area contributed by atoms with Crippen molar-refractivity contribution in [2.24, 2.45) is 0 Å². The normalized spacial score (nSPS) is 18.9. The van der Waals surface area contributed by atoms with Gasteiger partial charge in [-0.1, -0.05) is 18.2 Å². The summed E-state index contributed by atoms with van der Waals surface area (Å²) in [6.07, 6.45) is 0. The van der Waals surface area contributed by atoms with Gasteiger partial charge in [0.2, 0.25) is 11.8 Å². The van der Waals surface area contributed by atoms with E-state index in [1.165, 1.54) is 6.92 Å². The summed E-state index contributed by atoms with van der Waals surface area (Å²) in [4.78, 5) is 27.1. The molecule has 2 rings (SSSR count). The second-order valence-corrected chi connectivity index (χ2v) is 5.23. The molecule has 0 unspecified atom stereocenters. The smallest absolute Gasteiger partial charge is 0.246 e. The van der Waals surface area contributed by atoms with Gasteiger partial charge in [0.25, 0.3) is 0 Å². The minimum atomic E-state index is -0.338. The molecule has 1 aromatic rings. The van der Waals surface area contributed by atoms with E-state index in [1.807, 2.05) is 44.2 Å². The Hall–Kier alpha value is -1.84. The number of piperazine rings is 1. The molecule has 0 aromatic heterocycles. The molecule has 1 heterocycles. The number of anilines is 1. The SMILES string of the molecule is CC(=O)N1CC(=O)N(c2ccccc2)CC1(C)C. The number of amides is 2. The standard InChI is InChI=1S/C14H18N2O2/c1-11(17)16-9-13(18)15(10-14(16,2)3)12-7-5-4-6-8-12/h4-8H,9-10H2,1-3H3. The zero-order valence-electron chi connectivity index (χ0n) is 11.0. The largest absolute Gasteiger partial charge is 0.327 e. The van der Waals surface area contributed by atoms with Crippen LogP contribution in [-0.2, 0) is 9.59 Å². The summed E-state index contributed by atoms with van der Waals surface area (Å²) >= 11 is 0. The predicted octanol–water partition coefficient (Wildman–Crippen LogP) is 1.66. The molecular formula is C14H18N2O2. The highest BCUT2D eigenvalue weighted by Gasteiger charge is 2.39. The van der Waals surface area contributed by atoms with E-state index in [9.17, 15) is 9.59 Å². The molecule has 96 valence electrons. The third-order valence-electron chi connectivity index (χ3n) is 3.32. The van der Waals surface area contributed by atoms with E-state index in [0.717, 1.165) is 5.69 Å². The van der Waals surface area contributed by atoms with Crippen LogP contribution >= 0.6 is 0 Å². The van der Waals surface area contributed by atoms with Crippen LogP contribution in [0.4, 0.5) is 5.69 Å². The van der Waals surface area contributed by atoms with Crippen LogP contribution in [0, 0.1) is 0 Å². The minimum absolute atomic E-state index is 0.0317. The maximum absolute atomic E-state index is 12.1. The van der Waals surface area contributed by atoms with E-state index in [1.54, 1.807) is 9.80 Å². The van der Waals surface area contributed by atoms with Crippen LogP contribution in [0.2, 0.25) is 0 Å². The second-order valence-electron chi connectivity index (χ2n) is 5.23. The van der Waals surface area contributed by atoms with Gasteiger partial charge >= 0.3 is 0 Å². The van der Waals surface area contributed by atoms with Crippen LogP contribution in [0.15, 0.2) is 30.3 Å². The van der Waals surface area contributed by atoms with Crippen molar-refractivity contribution in [3.63, 3.8) is 0 Å². The Bertz CT molecular complexity index is 468. The van der Waals surface area contributed by atoms with Crippen molar-refractivity contribution in [1.82, 2.24) is 4.90 Å². The first-order chi connectivity index (χ1) is 8.42. The maximum atomic E-state index is 12.1. The van der Waals surface area contributed by atoms with Crippen LogP contribution < -0.4 is 4.90 Å². The topological polar surface area (TPSA) is 40.6 Å². The average molecular weight is 246 g/mol. The van der Waals surface area contributed by atoms with Crippen molar-refractivity contribution in [2.45, 2.75) is 26.3 Å². The van der Waals surface area contributed by atoms with E-state index in [4.69, 9.17) is 0 Å². The van der Waals surface area contributed by atoms with Gasteiger partial charge in [-0.3, -0.25) is 9.59 Å². The molecule has 0 atom stereocenters. The zero-order valence-corrected chi connectivity index (χ0v) is 11.0. The van der Waals surface area contributed by atoms with Crippen LogP contribution in [0.1, 0.15) is 20.8 Å². The molecule has 2 amide bonds. The first kappa shape index (κ1) is 12.6. The summed E-state index contributed by atoms with van der Waals surface area (Å²) in [7, 11) is 0. The molecule has 4 nitrogen and oxygen atoms in total. The van der Waals surface area contributed by atoms with Gasteiger partial charge in [-0.2, -0.15) is 0 Å². The highest BCUT2D eigenvalue weighted by atomic mass is 16.2. The van der Waals surface area contributed by atoms with Crippen LogP contribution in [0.5, 0.6) is 0 Å². The van der Waals surface area contributed by atoms with Gasteiger partial charge in [-0.05, 0) is 26.0 Å². The molecule has 0 radical (unpaired) electrons. The fraction of sp³-hybridized carbons (Fsp3) is 0.429. The van der Waals surface area contributed by atoms with Crippen LogP contribution in [0.3, 0.4) is 0 Å². The van der Waals surface area contributed by atoms with Gasteiger partial charge in [-0.15, -0.1) is 0 Å². The first-order valence-corrected chi connectivity index (χ1v) is 6.05. The highest BCUT2D eigenvalue weighted by molar-refractivity contribution is 5.98. The van der Waals surface area contributed by atoms with Crippen molar-refractivity contribution in [2.75, 3.05) is 18.0 Å². The Morgan fingerprint density at radius 3 is 2.39 bits per heavy atom. The molecule has 1 fully saturated rings. The van der Waals surface area contributed by atoms with Crippen molar-refractivity contribution in [3.05, 3.63) is 30.3 Å².